The van der Waals surface area contributed by atoms with Crippen LogP contribution in [0.4, 0.5) is 0 Å². The number of benzene rings is 1. The highest BCUT2D eigenvalue weighted by atomic mass is 35.6. The van der Waals surface area contributed by atoms with Crippen molar-refractivity contribution >= 4 is 272 Å². The van der Waals surface area contributed by atoms with Crippen LogP contribution in [0.25, 0.3) is 0 Å². The molecule has 0 spiro atoms. The van der Waals surface area contributed by atoms with Gasteiger partial charge in [0.25, 0.3) is 0 Å². The number of nitrogens with zero attached hydrogens (tertiary/aromatic N) is 3. The van der Waals surface area contributed by atoms with Gasteiger partial charge in [-0.2, -0.15) is 8.42 Å². The molecule has 2 N–H and O–H groups in total. The molecule has 0 aromatic heterocycles. The lowest BCUT2D eigenvalue weighted by atomic mass is 10.0. The lowest BCUT2D eigenvalue weighted by Crippen LogP contribution is -2.27. The number of hydrogen-bond donors (Lipinski definition) is 2. The number of carbonyl (C=O) groups excluding carboxylic acids is 2. The second-order valence-electron chi connectivity index (χ2n) is 26.0. The Balaban J connectivity index is 0.00000146. The first-order valence-corrected chi connectivity index (χ1v) is 44.2. The van der Waals surface area contributed by atoms with Gasteiger partial charge in [-0.15, -0.1) is 23.5 Å². The highest BCUT2D eigenvalue weighted by Crippen LogP contribution is 2.36. The molecule has 43 heteroatoms. The summed E-state index contributed by atoms with van der Waals surface area (Å²) in [4.78, 5) is 33.5. The topological polar surface area (TPSA) is 266 Å². The van der Waals surface area contributed by atoms with Crippen LogP contribution in [0.15, 0.2) is 77.9 Å². The molecule has 1 fully saturated rings. The van der Waals surface area contributed by atoms with Gasteiger partial charge in [-0.3, -0.25) is 9.59 Å². The summed E-state index contributed by atoms with van der Waals surface area (Å²) in [6.45, 7) is 23.2. The largest absolute Gasteiger partial charge is 0.487 e. The molecule has 4 aliphatic rings. The first-order chi connectivity index (χ1) is 50.4. The van der Waals surface area contributed by atoms with Crippen molar-refractivity contribution in [2.75, 3.05) is 117 Å². The van der Waals surface area contributed by atoms with Crippen molar-refractivity contribution in [3.05, 3.63) is 63.6 Å². The summed E-state index contributed by atoms with van der Waals surface area (Å²) < 4.78 is 87.5. The predicted octanol–water partition coefficient (Wildman–Crippen LogP) is 20.4. The van der Waals surface area contributed by atoms with Gasteiger partial charge in [0, 0.05) is 38.0 Å². The molecule has 0 saturated carbocycles. The van der Waals surface area contributed by atoms with Gasteiger partial charge in [0.2, 0.25) is 40.4 Å². The summed E-state index contributed by atoms with van der Waals surface area (Å²) in [5.74, 6) is 3.07. The number of aliphatic imine (C=N–C) groups is 3. The van der Waals surface area contributed by atoms with Gasteiger partial charge >= 0.3 is 10.1 Å². The van der Waals surface area contributed by atoms with Gasteiger partial charge in [-0.05, 0) is 145 Å². The number of aliphatic hydroxyl groups excluding tert-OH is 2. The number of hydrogen-bond acceptors (Lipinski definition) is 24. The molecule has 1 saturated heterocycles. The molecule has 22 nitrogen and oxygen atoms in total. The zero-order valence-electron chi connectivity index (χ0n) is 63.2. The van der Waals surface area contributed by atoms with Crippen LogP contribution in [0.3, 0.4) is 0 Å². The summed E-state index contributed by atoms with van der Waals surface area (Å²) in [5.41, 5.74) is 2.48. The third-order valence-corrected chi connectivity index (χ3v) is 17.3. The van der Waals surface area contributed by atoms with Crippen LogP contribution in [0, 0.1) is 6.92 Å². The van der Waals surface area contributed by atoms with E-state index in [0.717, 1.165) is 35.5 Å². The van der Waals surface area contributed by atoms with Crippen molar-refractivity contribution in [3.8, 4) is 0 Å². The zero-order valence-corrected chi connectivity index (χ0v) is 79.3. The molecule has 4 heterocycles. The molecular formula is C67H99Cl18N3O19S3. The molecule has 0 atom stereocenters. The van der Waals surface area contributed by atoms with E-state index in [4.69, 9.17) is 275 Å². The van der Waals surface area contributed by atoms with Gasteiger partial charge in [-0.25, -0.2) is 15.0 Å². The number of Topliss-reactive ketones (excluding diaryl/α,β-unsaturated/α-hetero) is 2. The summed E-state index contributed by atoms with van der Waals surface area (Å²) >= 11 is 107. The van der Waals surface area contributed by atoms with E-state index in [1.165, 1.54) is 45.7 Å². The average Bonchev–Trinajstić information content (AvgIpc) is 1.57. The molecule has 0 amide bonds. The van der Waals surface area contributed by atoms with E-state index >= 15 is 0 Å². The Kier molecular flexibility index (Phi) is 55.2. The van der Waals surface area contributed by atoms with Gasteiger partial charge in [0.05, 0.1) is 80.0 Å². The number of halogens is 18. The summed E-state index contributed by atoms with van der Waals surface area (Å²) in [7, 11) is -4.11. The van der Waals surface area contributed by atoms with Gasteiger partial charge in [-0.1, -0.05) is 227 Å². The van der Waals surface area contributed by atoms with Crippen molar-refractivity contribution in [3.63, 3.8) is 0 Å². The molecule has 4 aliphatic heterocycles. The SMILES string of the molecule is C/C(CO)=C(\CCC(OCC(Cl)(Cl)Cl)OCC(Cl)(Cl)Cl)C1=NC(C)(C)CO1.C/C(OS(=O)(=O)c1ccc(C)cc1)=C(\CCC(OCC(Cl)(Cl)Cl)OCC(Cl)(Cl)Cl)C1=NC(C)(C)CO1.C1CCOC1.CC(=O)CO.CSCO/C(C)=C(/CCC(OCC(Cl)(Cl)Cl)OCC(Cl)(Cl)Cl)C1=NC(C)(C)CO1.CSCOCC(C)=O. The van der Waals surface area contributed by atoms with Crippen LogP contribution in [-0.2, 0) is 80.7 Å². The standard InChI is InChI=1S/C22H27Cl6NO6S.C17H25Cl6NO4S.C16H23Cl6NO4.C5H10O2S.C4H8O.C3H6O2/c1-14-5-7-16(8-6-14)36(30,31)35-15(2)17(19-29-20(3,4)11-34-19)9-10-18(32-12-21(23,24)25)33-13-22(26,27)28;1-11(28-10-29-4)12(14-24-15(2,3)7-27-14)5-6-13(25-8-16(18,19)20)26-9-17(21,22)23;1-10(6-24)11(13-23-14(2,3)7-27-13)4-5-12(25-8-15(17,18)19)26-9-16(20,21)22;1-5(6)3-7-4-8-2;1-2-4-5-3-1;1-3(5)2-4/h5-8,18H,9-13H2,1-4H3;13H,5-10H2,1-4H3;12,24H,4-9H2,1-3H3;3-4H2,1-2H3;1-4H2;4H,2H2,1H3/b17-15-;12-11-;11-10-;;;. The van der Waals surface area contributed by atoms with E-state index in [-0.39, 0.29) is 112 Å². The average molecular weight is 1980 g/mol. The number of ketones is 2. The predicted molar refractivity (Wildman–Crippen MR) is 456 cm³/mol. The normalized spacial score (nSPS) is 16.9. The van der Waals surface area contributed by atoms with E-state index in [0.29, 0.717) is 80.5 Å². The van der Waals surface area contributed by atoms with E-state index in [1.807, 2.05) is 67.9 Å². The first-order valence-electron chi connectivity index (χ1n) is 33.2. The van der Waals surface area contributed by atoms with E-state index in [1.54, 1.807) is 42.6 Å². The van der Waals surface area contributed by atoms with Crippen molar-refractivity contribution in [1.29, 1.82) is 0 Å². The second-order valence-corrected chi connectivity index (χ2v) is 44.3. The molecular weight excluding hydrogens is 1890 g/mol. The minimum atomic E-state index is -4.11. The quantitative estimate of drug-likeness (QED) is 0.0208. The highest BCUT2D eigenvalue weighted by molar-refractivity contribution is 7.98. The van der Waals surface area contributed by atoms with Crippen LogP contribution < -0.4 is 0 Å². The molecule has 0 unspecified atom stereocenters. The lowest BCUT2D eigenvalue weighted by Gasteiger charge is -2.23. The number of carbonyl (C=O) groups is 2. The zero-order chi connectivity index (χ0) is 84.8. The Labute approximate surface area is 746 Å². The third kappa shape index (κ3) is 58.3. The highest BCUT2D eigenvalue weighted by Gasteiger charge is 2.36. The number of aliphatic hydroxyl groups is 2. The maximum absolute atomic E-state index is 12.9. The first kappa shape index (κ1) is 111. The van der Waals surface area contributed by atoms with Crippen LogP contribution in [0.2, 0.25) is 0 Å². The van der Waals surface area contributed by atoms with Crippen molar-refractivity contribution < 1.29 is 89.2 Å². The maximum atomic E-state index is 12.9. The van der Waals surface area contributed by atoms with Gasteiger partial charge in [0.15, 0.2) is 30.4 Å². The Hall–Kier alpha value is 1.26. The van der Waals surface area contributed by atoms with Crippen molar-refractivity contribution in [2.24, 2.45) is 15.0 Å². The number of thioether (sulfide) groups is 2. The van der Waals surface area contributed by atoms with Crippen LogP contribution in [-0.4, -0.2) is 223 Å². The Morgan fingerprint density at radius 3 is 1.05 bits per heavy atom. The molecule has 0 radical (unpaired) electrons. The number of allylic oxidation sites excluding steroid dienone is 2. The second kappa shape index (κ2) is 54.6. The fourth-order valence-corrected chi connectivity index (χ4v) is 10.9. The molecule has 1 aromatic carbocycles. The van der Waals surface area contributed by atoms with Crippen molar-refractivity contribution in [1.82, 2.24) is 0 Å². The molecule has 0 bridgehead atoms. The minimum absolute atomic E-state index is 0.0105. The number of alkyl halides is 18. The smallest absolute Gasteiger partial charge is 0.338 e. The Morgan fingerprint density at radius 1 is 0.491 bits per heavy atom. The Morgan fingerprint density at radius 2 is 0.800 bits per heavy atom. The lowest BCUT2D eigenvalue weighted by molar-refractivity contribution is -0.143. The number of ether oxygens (including phenoxy) is 12. The minimum Gasteiger partial charge on any atom is -0.487 e. The van der Waals surface area contributed by atoms with Crippen LogP contribution >= 0.6 is 232 Å². The van der Waals surface area contributed by atoms with Crippen molar-refractivity contribution in [2.45, 2.75) is 198 Å². The fraction of sp³-hybridized carbons (Fsp3) is 0.746. The summed E-state index contributed by atoms with van der Waals surface area (Å²) in [5, 5.41) is 17.3. The van der Waals surface area contributed by atoms with E-state index < -0.39 is 57.3 Å². The monoisotopic (exact) mass is 1980 g/mol. The third-order valence-electron chi connectivity index (χ3n) is 13.3. The molecule has 640 valence electrons. The van der Waals surface area contributed by atoms with E-state index in [2.05, 4.69) is 15.0 Å². The maximum Gasteiger partial charge on any atom is 0.338 e. The molecule has 1 aromatic rings. The Bertz CT molecular complexity index is 3130. The summed E-state index contributed by atoms with van der Waals surface area (Å²) in [6.07, 6.45) is 5.82. The number of rotatable bonds is 36. The van der Waals surface area contributed by atoms with Crippen LogP contribution in [0.1, 0.15) is 133 Å². The van der Waals surface area contributed by atoms with Crippen LogP contribution in [0.5, 0.6) is 0 Å². The van der Waals surface area contributed by atoms with E-state index in [9.17, 15) is 23.1 Å². The molecule has 5 rings (SSSR count). The van der Waals surface area contributed by atoms with Gasteiger partial charge < -0.3 is 71.2 Å². The molecule has 110 heavy (non-hydrogen) atoms. The van der Waals surface area contributed by atoms with Gasteiger partial charge in [0.1, 0.15) is 55.4 Å². The fourth-order valence-electron chi connectivity index (χ4n) is 8.22. The number of aryl methyl sites for hydroxylation is 1. The molecule has 0 aliphatic carbocycles. The summed E-state index contributed by atoms with van der Waals surface area (Å²) in [6, 6.07) is 6.29.